The highest BCUT2D eigenvalue weighted by molar-refractivity contribution is 4.81. The lowest BCUT2D eigenvalue weighted by Crippen LogP contribution is -2.42. The normalized spacial score (nSPS) is 26.6. The Bertz CT molecular complexity index is 178. The van der Waals surface area contributed by atoms with Crippen molar-refractivity contribution < 1.29 is 4.74 Å². The maximum absolute atomic E-state index is 5.48. The lowest BCUT2D eigenvalue weighted by atomic mass is 9.94. The highest BCUT2D eigenvalue weighted by Crippen LogP contribution is 2.20. The molecular formula is C14H29NO. The van der Waals surface area contributed by atoms with Crippen molar-refractivity contribution in [3.8, 4) is 0 Å². The van der Waals surface area contributed by atoms with E-state index in [2.05, 4.69) is 33.0 Å². The van der Waals surface area contributed by atoms with Crippen LogP contribution in [-0.4, -0.2) is 25.3 Å². The highest BCUT2D eigenvalue weighted by atomic mass is 16.5. The van der Waals surface area contributed by atoms with Gasteiger partial charge in [0.15, 0.2) is 0 Å². The highest BCUT2D eigenvalue weighted by Gasteiger charge is 2.25. The Kier molecular flexibility index (Phi) is 6.37. The molecule has 0 spiro atoms. The van der Waals surface area contributed by atoms with E-state index in [9.17, 15) is 0 Å². The van der Waals surface area contributed by atoms with Gasteiger partial charge in [-0.15, -0.1) is 0 Å². The van der Waals surface area contributed by atoms with E-state index < -0.39 is 0 Å². The van der Waals surface area contributed by atoms with E-state index in [-0.39, 0.29) is 0 Å². The molecule has 2 nitrogen and oxygen atoms in total. The van der Waals surface area contributed by atoms with Gasteiger partial charge in [0.2, 0.25) is 0 Å². The third-order valence-corrected chi connectivity index (χ3v) is 3.93. The van der Waals surface area contributed by atoms with Crippen LogP contribution >= 0.6 is 0 Å². The first-order valence-electron chi connectivity index (χ1n) is 7.01. The van der Waals surface area contributed by atoms with Crippen molar-refractivity contribution in [2.45, 2.75) is 65.5 Å². The van der Waals surface area contributed by atoms with Gasteiger partial charge in [-0.2, -0.15) is 0 Å². The molecule has 0 aromatic rings. The minimum absolute atomic E-state index is 0.639. The van der Waals surface area contributed by atoms with Crippen molar-refractivity contribution >= 4 is 0 Å². The Hall–Kier alpha value is -0.0800. The molecule has 1 N–H and O–H groups in total. The lowest BCUT2D eigenvalue weighted by molar-refractivity contribution is 0.173. The van der Waals surface area contributed by atoms with Crippen LogP contribution in [0.1, 0.15) is 53.4 Å². The summed E-state index contributed by atoms with van der Waals surface area (Å²) >= 11 is 0. The third-order valence-electron chi connectivity index (χ3n) is 3.93. The molecule has 1 aliphatic heterocycles. The zero-order valence-electron chi connectivity index (χ0n) is 11.5. The van der Waals surface area contributed by atoms with Crippen molar-refractivity contribution in [2.75, 3.05) is 13.2 Å². The van der Waals surface area contributed by atoms with Crippen LogP contribution in [0.25, 0.3) is 0 Å². The molecule has 1 rings (SSSR count). The van der Waals surface area contributed by atoms with Gasteiger partial charge in [0.25, 0.3) is 0 Å². The minimum atomic E-state index is 0.639. The smallest absolute Gasteiger partial charge is 0.0510 e. The molecule has 1 aliphatic rings. The van der Waals surface area contributed by atoms with Crippen molar-refractivity contribution in [2.24, 2.45) is 11.8 Å². The second-order valence-corrected chi connectivity index (χ2v) is 5.46. The summed E-state index contributed by atoms with van der Waals surface area (Å²) in [5.74, 6) is 1.57. The summed E-state index contributed by atoms with van der Waals surface area (Å²) in [5.41, 5.74) is 0. The molecule has 4 atom stereocenters. The number of hydrogen-bond donors (Lipinski definition) is 1. The molecule has 96 valence electrons. The molecule has 0 aliphatic carbocycles. The van der Waals surface area contributed by atoms with Crippen LogP contribution in [0.3, 0.4) is 0 Å². The van der Waals surface area contributed by atoms with E-state index in [0.717, 1.165) is 25.0 Å². The molecule has 0 aromatic carbocycles. The summed E-state index contributed by atoms with van der Waals surface area (Å²) in [7, 11) is 0. The van der Waals surface area contributed by atoms with Crippen LogP contribution in [0.5, 0.6) is 0 Å². The molecular weight excluding hydrogens is 198 g/mol. The Morgan fingerprint density at radius 1 is 1.25 bits per heavy atom. The molecule has 0 radical (unpaired) electrons. The maximum atomic E-state index is 5.48. The molecule has 1 saturated heterocycles. The Balaban J connectivity index is 2.31. The monoisotopic (exact) mass is 227 g/mol. The quantitative estimate of drug-likeness (QED) is 0.721. The van der Waals surface area contributed by atoms with Gasteiger partial charge in [-0.1, -0.05) is 27.2 Å². The summed E-state index contributed by atoms with van der Waals surface area (Å²) in [6, 6.07) is 1.29. The average Bonchev–Trinajstić information content (AvgIpc) is 2.79. The fourth-order valence-electron chi connectivity index (χ4n) is 2.66. The molecule has 1 heterocycles. The fraction of sp³-hybridized carbons (Fsp3) is 1.00. The molecule has 16 heavy (non-hydrogen) atoms. The lowest BCUT2D eigenvalue weighted by Gasteiger charge is -2.27. The van der Waals surface area contributed by atoms with E-state index in [4.69, 9.17) is 4.74 Å². The van der Waals surface area contributed by atoms with Gasteiger partial charge in [0.1, 0.15) is 0 Å². The summed E-state index contributed by atoms with van der Waals surface area (Å²) in [6.07, 6.45) is 5.04. The minimum Gasteiger partial charge on any atom is -0.381 e. The molecule has 1 fully saturated rings. The summed E-state index contributed by atoms with van der Waals surface area (Å²) < 4.78 is 5.48. The summed E-state index contributed by atoms with van der Waals surface area (Å²) in [6.45, 7) is 11.2. The van der Waals surface area contributed by atoms with Gasteiger partial charge in [-0.3, -0.25) is 0 Å². The first-order chi connectivity index (χ1) is 7.67. The maximum Gasteiger partial charge on any atom is 0.0510 e. The summed E-state index contributed by atoms with van der Waals surface area (Å²) in [4.78, 5) is 0. The SMILES string of the molecule is CCC(C)CC(C)NC(CC)C1CCOC1. The van der Waals surface area contributed by atoms with Crippen molar-refractivity contribution in [3.63, 3.8) is 0 Å². The van der Waals surface area contributed by atoms with E-state index in [1.165, 1.54) is 25.7 Å². The number of rotatable bonds is 7. The second-order valence-electron chi connectivity index (χ2n) is 5.46. The molecule has 4 unspecified atom stereocenters. The fourth-order valence-corrected chi connectivity index (χ4v) is 2.66. The van der Waals surface area contributed by atoms with Gasteiger partial charge < -0.3 is 10.1 Å². The number of ether oxygens (including phenoxy) is 1. The topological polar surface area (TPSA) is 21.3 Å². The zero-order valence-corrected chi connectivity index (χ0v) is 11.5. The van der Waals surface area contributed by atoms with Crippen molar-refractivity contribution in [1.82, 2.24) is 5.32 Å². The average molecular weight is 227 g/mol. The zero-order chi connectivity index (χ0) is 12.0. The van der Waals surface area contributed by atoms with Gasteiger partial charge in [-0.25, -0.2) is 0 Å². The third kappa shape index (κ3) is 4.42. The predicted molar refractivity (Wildman–Crippen MR) is 69.7 cm³/mol. The molecule has 2 heteroatoms. The van der Waals surface area contributed by atoms with Crippen molar-refractivity contribution in [1.29, 1.82) is 0 Å². The van der Waals surface area contributed by atoms with Gasteiger partial charge in [0, 0.05) is 18.7 Å². The van der Waals surface area contributed by atoms with E-state index in [0.29, 0.717) is 12.1 Å². The molecule has 0 bridgehead atoms. The summed E-state index contributed by atoms with van der Waals surface area (Å²) in [5, 5.41) is 3.79. The van der Waals surface area contributed by atoms with E-state index >= 15 is 0 Å². The van der Waals surface area contributed by atoms with E-state index in [1.807, 2.05) is 0 Å². The first kappa shape index (κ1) is 14.0. The second kappa shape index (κ2) is 7.29. The first-order valence-corrected chi connectivity index (χ1v) is 7.01. The molecule has 0 aromatic heterocycles. The van der Waals surface area contributed by atoms with Crippen LogP contribution in [0, 0.1) is 11.8 Å². The molecule has 0 saturated carbocycles. The van der Waals surface area contributed by atoms with Crippen molar-refractivity contribution in [3.05, 3.63) is 0 Å². The van der Waals surface area contributed by atoms with Crippen LogP contribution in [0.2, 0.25) is 0 Å². The van der Waals surface area contributed by atoms with Gasteiger partial charge >= 0.3 is 0 Å². The van der Waals surface area contributed by atoms with Crippen LogP contribution in [0.15, 0.2) is 0 Å². The number of hydrogen-bond acceptors (Lipinski definition) is 2. The standard InChI is InChI=1S/C14H29NO/c1-5-11(3)9-12(4)15-14(6-2)13-7-8-16-10-13/h11-15H,5-10H2,1-4H3. The Morgan fingerprint density at radius 3 is 2.50 bits per heavy atom. The molecule has 0 amide bonds. The van der Waals surface area contributed by atoms with E-state index in [1.54, 1.807) is 0 Å². The predicted octanol–water partition coefficient (Wildman–Crippen LogP) is 3.22. The number of nitrogens with one attached hydrogen (secondary N) is 1. The van der Waals surface area contributed by atoms with Gasteiger partial charge in [-0.05, 0) is 38.0 Å². The van der Waals surface area contributed by atoms with Crippen LogP contribution in [-0.2, 0) is 4.74 Å². The van der Waals surface area contributed by atoms with Crippen LogP contribution < -0.4 is 5.32 Å². The van der Waals surface area contributed by atoms with Gasteiger partial charge in [0.05, 0.1) is 6.61 Å². The van der Waals surface area contributed by atoms with Crippen LogP contribution in [0.4, 0.5) is 0 Å². The Morgan fingerprint density at radius 2 is 2.00 bits per heavy atom. The Labute approximate surface area is 101 Å². The largest absolute Gasteiger partial charge is 0.381 e.